The topological polar surface area (TPSA) is 88.9 Å². The van der Waals surface area contributed by atoms with Gasteiger partial charge in [0.25, 0.3) is 5.91 Å². The van der Waals surface area contributed by atoms with Crippen molar-refractivity contribution in [3.8, 4) is 0 Å². The number of benzene rings is 2. The summed E-state index contributed by atoms with van der Waals surface area (Å²) in [6, 6.07) is 14.5. The number of halogens is 2. The van der Waals surface area contributed by atoms with E-state index in [4.69, 9.17) is 11.6 Å². The van der Waals surface area contributed by atoms with Crippen LogP contribution in [0.4, 0.5) is 5.95 Å². The van der Waals surface area contributed by atoms with Crippen LogP contribution < -0.4 is 10.6 Å². The fraction of sp³-hybridized carbons (Fsp3) is 0.200. The van der Waals surface area contributed by atoms with Crippen molar-refractivity contribution in [3.63, 3.8) is 0 Å². The van der Waals surface area contributed by atoms with Crippen LogP contribution in [0.25, 0.3) is 0 Å². The molecule has 29 heavy (non-hydrogen) atoms. The summed E-state index contributed by atoms with van der Waals surface area (Å²) in [5.41, 5.74) is 1.60. The van der Waals surface area contributed by atoms with E-state index in [0.717, 1.165) is 10.0 Å². The predicted octanol–water partition coefficient (Wildman–Crippen LogP) is 3.89. The van der Waals surface area contributed by atoms with Crippen LogP contribution in [-0.2, 0) is 11.3 Å². The molecular weight excluding hydrogens is 458 g/mol. The van der Waals surface area contributed by atoms with E-state index in [1.807, 2.05) is 24.3 Å². The average molecular weight is 477 g/mol. The van der Waals surface area contributed by atoms with Crippen LogP contribution in [-0.4, -0.2) is 33.1 Å². The molecule has 0 unspecified atom stereocenters. The van der Waals surface area contributed by atoms with Gasteiger partial charge in [0.05, 0.1) is 6.54 Å². The number of carbonyl (C=O) groups excluding carboxylic acids is 2. The van der Waals surface area contributed by atoms with E-state index in [9.17, 15) is 9.59 Å². The molecule has 1 aromatic heterocycles. The summed E-state index contributed by atoms with van der Waals surface area (Å²) < 4.78 is 2.67. The molecule has 2 N–H and O–H groups in total. The van der Waals surface area contributed by atoms with Gasteiger partial charge in [-0.15, -0.1) is 5.10 Å². The van der Waals surface area contributed by atoms with Crippen LogP contribution in [0.5, 0.6) is 0 Å². The predicted molar refractivity (Wildman–Crippen MR) is 115 cm³/mol. The number of amides is 2. The Hall–Kier alpha value is -2.71. The first-order chi connectivity index (χ1) is 14.0. The number of anilines is 1. The summed E-state index contributed by atoms with van der Waals surface area (Å²) in [6.07, 6.45) is 2.33. The highest BCUT2D eigenvalue weighted by Crippen LogP contribution is 2.12. The van der Waals surface area contributed by atoms with E-state index in [2.05, 4.69) is 36.6 Å². The second kappa shape index (κ2) is 10.2. The SMILES string of the molecule is O=C(CCCNC(=O)c1ccc(Cl)cc1)Nc1ncn(Cc2ccc(Br)cc2)n1. The molecule has 0 saturated heterocycles. The van der Waals surface area contributed by atoms with Crippen LogP contribution in [0.2, 0.25) is 5.02 Å². The average Bonchev–Trinajstić information content (AvgIpc) is 3.14. The Morgan fingerprint density at radius 1 is 1.07 bits per heavy atom. The van der Waals surface area contributed by atoms with E-state index < -0.39 is 0 Å². The third-order valence-corrected chi connectivity index (χ3v) is 4.80. The molecule has 1 heterocycles. The number of hydrogen-bond acceptors (Lipinski definition) is 4. The number of carbonyl (C=O) groups is 2. The molecule has 3 rings (SSSR count). The van der Waals surface area contributed by atoms with Crippen LogP contribution in [0.15, 0.2) is 59.3 Å². The van der Waals surface area contributed by atoms with Crippen molar-refractivity contribution in [2.75, 3.05) is 11.9 Å². The van der Waals surface area contributed by atoms with Gasteiger partial charge in [-0.2, -0.15) is 0 Å². The van der Waals surface area contributed by atoms with Crippen molar-refractivity contribution in [1.29, 1.82) is 0 Å². The molecule has 0 aliphatic rings. The first-order valence-corrected chi connectivity index (χ1v) is 10.1. The quantitative estimate of drug-likeness (QED) is 0.483. The lowest BCUT2D eigenvalue weighted by atomic mass is 10.2. The van der Waals surface area contributed by atoms with Gasteiger partial charge in [0, 0.05) is 28.0 Å². The van der Waals surface area contributed by atoms with Crippen LogP contribution in [0.3, 0.4) is 0 Å². The first kappa shape index (κ1) is 21.0. The number of rotatable bonds is 8. The molecule has 3 aromatic rings. The van der Waals surface area contributed by atoms with Crippen molar-refractivity contribution in [3.05, 3.63) is 75.5 Å². The summed E-state index contributed by atoms with van der Waals surface area (Å²) in [7, 11) is 0. The highest BCUT2D eigenvalue weighted by Gasteiger charge is 2.08. The van der Waals surface area contributed by atoms with Crippen molar-refractivity contribution < 1.29 is 9.59 Å². The summed E-state index contributed by atoms with van der Waals surface area (Å²) in [6.45, 7) is 0.952. The minimum Gasteiger partial charge on any atom is -0.352 e. The molecule has 0 spiro atoms. The number of aromatic nitrogens is 3. The lowest BCUT2D eigenvalue weighted by Gasteiger charge is -2.05. The van der Waals surface area contributed by atoms with Crippen LogP contribution in [0, 0.1) is 0 Å². The minimum atomic E-state index is -0.202. The zero-order chi connectivity index (χ0) is 20.6. The Kier molecular flexibility index (Phi) is 7.37. The Bertz CT molecular complexity index is 973. The number of nitrogens with one attached hydrogen (secondary N) is 2. The molecule has 150 valence electrons. The normalized spacial score (nSPS) is 10.6. The van der Waals surface area contributed by atoms with Gasteiger partial charge in [0.1, 0.15) is 6.33 Å². The number of hydrogen-bond donors (Lipinski definition) is 2. The molecule has 0 fully saturated rings. The lowest BCUT2D eigenvalue weighted by Crippen LogP contribution is -2.25. The van der Waals surface area contributed by atoms with E-state index in [1.54, 1.807) is 35.3 Å². The summed E-state index contributed by atoms with van der Waals surface area (Å²) in [4.78, 5) is 28.1. The molecule has 0 atom stereocenters. The fourth-order valence-electron chi connectivity index (χ4n) is 2.55. The lowest BCUT2D eigenvalue weighted by molar-refractivity contribution is -0.116. The van der Waals surface area contributed by atoms with Gasteiger partial charge in [0.2, 0.25) is 11.9 Å². The van der Waals surface area contributed by atoms with E-state index in [0.29, 0.717) is 30.1 Å². The maximum absolute atomic E-state index is 12.0. The Morgan fingerprint density at radius 3 is 2.52 bits per heavy atom. The molecule has 9 heteroatoms. The van der Waals surface area contributed by atoms with Gasteiger partial charge >= 0.3 is 0 Å². The molecule has 0 radical (unpaired) electrons. The fourth-order valence-corrected chi connectivity index (χ4v) is 2.94. The van der Waals surface area contributed by atoms with Crippen molar-refractivity contribution in [2.45, 2.75) is 19.4 Å². The van der Waals surface area contributed by atoms with Gasteiger partial charge in [0.15, 0.2) is 0 Å². The Balaban J connectivity index is 1.38. The molecule has 2 aromatic carbocycles. The summed E-state index contributed by atoms with van der Waals surface area (Å²) in [5, 5.41) is 10.3. The highest BCUT2D eigenvalue weighted by molar-refractivity contribution is 9.10. The minimum absolute atomic E-state index is 0.199. The highest BCUT2D eigenvalue weighted by atomic mass is 79.9. The molecular formula is C20H19BrClN5O2. The van der Waals surface area contributed by atoms with Crippen molar-refractivity contribution in [2.24, 2.45) is 0 Å². The van der Waals surface area contributed by atoms with Gasteiger partial charge < -0.3 is 5.32 Å². The standard InChI is InChI=1S/C20H19BrClN5O2/c21-16-7-3-14(4-8-16)12-27-13-24-20(26-27)25-18(28)2-1-11-23-19(29)15-5-9-17(22)10-6-15/h3-10,13H,1-2,11-12H2,(H,23,29)(H,25,26,28). The van der Waals surface area contributed by atoms with Crippen molar-refractivity contribution in [1.82, 2.24) is 20.1 Å². The number of nitrogens with zero attached hydrogens (tertiary/aromatic N) is 3. The maximum atomic E-state index is 12.0. The Morgan fingerprint density at radius 2 is 1.79 bits per heavy atom. The van der Waals surface area contributed by atoms with Crippen LogP contribution >= 0.6 is 27.5 Å². The largest absolute Gasteiger partial charge is 0.352 e. The maximum Gasteiger partial charge on any atom is 0.251 e. The summed E-state index contributed by atoms with van der Waals surface area (Å²) >= 11 is 9.20. The zero-order valence-corrected chi connectivity index (χ0v) is 17.8. The molecule has 0 saturated carbocycles. The Labute approximate surface area is 181 Å². The van der Waals surface area contributed by atoms with E-state index >= 15 is 0 Å². The first-order valence-electron chi connectivity index (χ1n) is 8.97. The van der Waals surface area contributed by atoms with Crippen LogP contribution in [0.1, 0.15) is 28.8 Å². The van der Waals surface area contributed by atoms with E-state index in [1.165, 1.54) is 0 Å². The monoisotopic (exact) mass is 475 g/mol. The van der Waals surface area contributed by atoms with E-state index in [-0.39, 0.29) is 24.2 Å². The molecule has 2 amide bonds. The second-order valence-electron chi connectivity index (χ2n) is 6.31. The second-order valence-corrected chi connectivity index (χ2v) is 7.66. The summed E-state index contributed by atoms with van der Waals surface area (Å²) in [5.74, 6) is -0.139. The molecule has 0 bridgehead atoms. The molecule has 0 aliphatic heterocycles. The third-order valence-electron chi connectivity index (χ3n) is 4.02. The molecule has 7 nitrogen and oxygen atoms in total. The van der Waals surface area contributed by atoms with Gasteiger partial charge in [-0.05, 0) is 48.4 Å². The smallest absolute Gasteiger partial charge is 0.251 e. The van der Waals surface area contributed by atoms with Gasteiger partial charge in [-0.25, -0.2) is 9.67 Å². The third kappa shape index (κ3) is 6.69. The zero-order valence-electron chi connectivity index (χ0n) is 15.4. The van der Waals surface area contributed by atoms with Crippen molar-refractivity contribution >= 4 is 45.3 Å². The van der Waals surface area contributed by atoms with Gasteiger partial charge in [-0.3, -0.25) is 14.9 Å². The molecule has 0 aliphatic carbocycles. The van der Waals surface area contributed by atoms with Gasteiger partial charge in [-0.1, -0.05) is 39.7 Å².